The largest absolute Gasteiger partial charge is 0.479 e. The van der Waals surface area contributed by atoms with Crippen LogP contribution in [-0.4, -0.2) is 49.2 Å². The molecule has 36 heavy (non-hydrogen) atoms. The molecule has 0 N–H and O–H groups in total. The van der Waals surface area contributed by atoms with Gasteiger partial charge in [0.2, 0.25) is 5.88 Å². The number of ether oxygens (including phenoxy) is 2. The number of esters is 1. The molecule has 0 amide bonds. The summed E-state index contributed by atoms with van der Waals surface area (Å²) in [7, 11) is 1.46. The van der Waals surface area contributed by atoms with Crippen LogP contribution in [0.1, 0.15) is 22.8 Å². The number of benzene rings is 2. The Morgan fingerprint density at radius 2 is 1.81 bits per heavy atom. The van der Waals surface area contributed by atoms with Crippen molar-refractivity contribution in [2.75, 3.05) is 13.7 Å². The maximum atomic E-state index is 14.9. The Labute approximate surface area is 203 Å². The quantitative estimate of drug-likeness (QED) is 0.316. The van der Waals surface area contributed by atoms with Gasteiger partial charge in [-0.15, -0.1) is 0 Å². The lowest BCUT2D eigenvalue weighted by molar-refractivity contribution is 0.0526. The number of aromatic nitrogens is 6. The van der Waals surface area contributed by atoms with E-state index in [1.807, 2.05) is 0 Å². The van der Waals surface area contributed by atoms with Gasteiger partial charge in [-0.1, -0.05) is 30.3 Å². The lowest BCUT2D eigenvalue weighted by Crippen LogP contribution is -2.07. The van der Waals surface area contributed by atoms with Crippen molar-refractivity contribution < 1.29 is 23.0 Å². The summed E-state index contributed by atoms with van der Waals surface area (Å²) in [6.45, 7) is 2.16. The third-order valence-corrected chi connectivity index (χ3v) is 5.47. The van der Waals surface area contributed by atoms with E-state index in [1.165, 1.54) is 48.6 Å². The number of carbonyl (C=O) groups is 1. The molecule has 0 saturated carbocycles. The molecule has 0 bridgehead atoms. The van der Waals surface area contributed by atoms with Crippen LogP contribution in [0.4, 0.5) is 8.78 Å². The second kappa shape index (κ2) is 9.53. The smallest absolute Gasteiger partial charge is 0.341 e. The van der Waals surface area contributed by atoms with Crippen molar-refractivity contribution in [3.05, 3.63) is 83.8 Å². The van der Waals surface area contributed by atoms with Crippen LogP contribution in [0.5, 0.6) is 5.88 Å². The maximum absolute atomic E-state index is 14.9. The highest BCUT2D eigenvalue weighted by molar-refractivity contribution is 5.88. The standard InChI is InChI=1S/C25H20F2N6O3/c1-3-36-24(34)16-11-28-33(14-16)25-30-21-12-29-32(22(21)23(31-25)35-2)13-15-8-9-18(20(27)10-15)17-6-4-5-7-19(17)26/h4-12,14H,3,13H2,1-2H3. The molecule has 0 aliphatic carbocycles. The van der Waals surface area contributed by atoms with Crippen molar-refractivity contribution in [3.63, 3.8) is 0 Å². The molecule has 5 aromatic rings. The van der Waals surface area contributed by atoms with Gasteiger partial charge in [0.15, 0.2) is 0 Å². The summed E-state index contributed by atoms with van der Waals surface area (Å²) in [6.07, 6.45) is 4.35. The first kappa shape index (κ1) is 23.1. The first-order chi connectivity index (χ1) is 17.5. The molecule has 11 heteroatoms. The van der Waals surface area contributed by atoms with E-state index in [9.17, 15) is 13.6 Å². The van der Waals surface area contributed by atoms with E-state index in [0.29, 0.717) is 16.6 Å². The van der Waals surface area contributed by atoms with E-state index in [-0.39, 0.29) is 41.7 Å². The van der Waals surface area contributed by atoms with Gasteiger partial charge in [-0.3, -0.25) is 4.68 Å². The SMILES string of the molecule is CCOC(=O)c1cnn(-c2nc(OC)c3c(cnn3Cc3ccc(-c4ccccc4F)c(F)c3)n2)c1. The molecule has 0 unspecified atom stereocenters. The molecule has 182 valence electrons. The highest BCUT2D eigenvalue weighted by Gasteiger charge is 2.18. The molecule has 0 saturated heterocycles. The Hall–Kier alpha value is -4.67. The summed E-state index contributed by atoms with van der Waals surface area (Å²) < 4.78 is 42.4. The lowest BCUT2D eigenvalue weighted by Gasteiger charge is -2.10. The van der Waals surface area contributed by atoms with Gasteiger partial charge in [0.05, 0.1) is 38.2 Å². The van der Waals surface area contributed by atoms with Gasteiger partial charge in [0, 0.05) is 17.3 Å². The Morgan fingerprint density at radius 3 is 2.56 bits per heavy atom. The Kier molecular flexibility index (Phi) is 6.11. The molecular formula is C25H20F2N6O3. The van der Waals surface area contributed by atoms with Gasteiger partial charge in [0.25, 0.3) is 5.95 Å². The van der Waals surface area contributed by atoms with E-state index in [1.54, 1.807) is 35.9 Å². The zero-order valence-corrected chi connectivity index (χ0v) is 19.4. The zero-order chi connectivity index (χ0) is 25.2. The molecule has 9 nitrogen and oxygen atoms in total. The van der Waals surface area contributed by atoms with Gasteiger partial charge in [-0.05, 0) is 24.6 Å². The first-order valence-corrected chi connectivity index (χ1v) is 11.0. The molecule has 0 fully saturated rings. The van der Waals surface area contributed by atoms with Crippen LogP contribution in [0.25, 0.3) is 28.1 Å². The molecule has 3 aromatic heterocycles. The van der Waals surface area contributed by atoms with Gasteiger partial charge in [0.1, 0.15) is 22.7 Å². The zero-order valence-electron chi connectivity index (χ0n) is 19.4. The van der Waals surface area contributed by atoms with E-state index >= 15 is 0 Å². The molecule has 0 radical (unpaired) electrons. The minimum absolute atomic E-state index is 0.175. The van der Waals surface area contributed by atoms with Gasteiger partial charge in [-0.25, -0.2) is 23.2 Å². The van der Waals surface area contributed by atoms with Crippen molar-refractivity contribution in [3.8, 4) is 23.0 Å². The molecule has 0 atom stereocenters. The van der Waals surface area contributed by atoms with E-state index in [4.69, 9.17) is 9.47 Å². The summed E-state index contributed by atoms with van der Waals surface area (Å²) in [4.78, 5) is 20.8. The second-order valence-electron chi connectivity index (χ2n) is 7.76. The Balaban J connectivity index is 1.46. The van der Waals surface area contributed by atoms with Crippen LogP contribution in [0.2, 0.25) is 0 Å². The topological polar surface area (TPSA) is 97.0 Å². The van der Waals surface area contributed by atoms with Gasteiger partial charge in [-0.2, -0.15) is 15.2 Å². The molecule has 0 spiro atoms. The van der Waals surface area contributed by atoms with Crippen molar-refractivity contribution >= 4 is 17.0 Å². The fourth-order valence-electron chi connectivity index (χ4n) is 3.80. The molecule has 0 aliphatic rings. The number of nitrogens with zero attached hydrogens (tertiary/aromatic N) is 6. The highest BCUT2D eigenvalue weighted by atomic mass is 19.1. The number of hydrogen-bond donors (Lipinski definition) is 0. The minimum Gasteiger partial charge on any atom is -0.479 e. The van der Waals surface area contributed by atoms with Crippen LogP contribution in [0.3, 0.4) is 0 Å². The van der Waals surface area contributed by atoms with Crippen LogP contribution in [-0.2, 0) is 11.3 Å². The first-order valence-electron chi connectivity index (χ1n) is 11.0. The average Bonchev–Trinajstić information content (AvgIpc) is 3.52. The molecule has 0 aliphatic heterocycles. The van der Waals surface area contributed by atoms with Crippen molar-refractivity contribution in [1.29, 1.82) is 0 Å². The third-order valence-electron chi connectivity index (χ3n) is 5.47. The number of fused-ring (bicyclic) bond motifs is 1. The summed E-state index contributed by atoms with van der Waals surface area (Å²) in [5, 5.41) is 8.50. The van der Waals surface area contributed by atoms with Crippen LogP contribution >= 0.6 is 0 Å². The van der Waals surface area contributed by atoms with Crippen LogP contribution in [0, 0.1) is 11.6 Å². The monoisotopic (exact) mass is 490 g/mol. The minimum atomic E-state index is -0.546. The van der Waals surface area contributed by atoms with Crippen molar-refractivity contribution in [2.24, 2.45) is 0 Å². The predicted molar refractivity (Wildman–Crippen MR) is 126 cm³/mol. The Bertz CT molecular complexity index is 1580. The molecule has 3 heterocycles. The van der Waals surface area contributed by atoms with Crippen LogP contribution < -0.4 is 4.74 Å². The van der Waals surface area contributed by atoms with Gasteiger partial charge < -0.3 is 9.47 Å². The summed E-state index contributed by atoms with van der Waals surface area (Å²) in [5.74, 6) is -1.14. The van der Waals surface area contributed by atoms with Crippen molar-refractivity contribution in [2.45, 2.75) is 13.5 Å². The van der Waals surface area contributed by atoms with Crippen molar-refractivity contribution in [1.82, 2.24) is 29.5 Å². The van der Waals surface area contributed by atoms with Crippen LogP contribution in [0.15, 0.2) is 61.1 Å². The van der Waals surface area contributed by atoms with Gasteiger partial charge >= 0.3 is 5.97 Å². The number of halogens is 2. The second-order valence-corrected chi connectivity index (χ2v) is 7.76. The number of rotatable bonds is 7. The summed E-state index contributed by atoms with van der Waals surface area (Å²) in [5.41, 5.74) is 2.20. The van der Waals surface area contributed by atoms with E-state index in [2.05, 4.69) is 20.2 Å². The molecule has 2 aromatic carbocycles. The fraction of sp³-hybridized carbons (Fsp3) is 0.160. The maximum Gasteiger partial charge on any atom is 0.341 e. The Morgan fingerprint density at radius 1 is 1.00 bits per heavy atom. The number of hydrogen-bond acceptors (Lipinski definition) is 7. The predicted octanol–water partition coefficient (Wildman–Crippen LogP) is 4.19. The summed E-state index contributed by atoms with van der Waals surface area (Å²) >= 11 is 0. The molecular weight excluding hydrogens is 470 g/mol. The number of methoxy groups -OCH3 is 1. The number of carbonyl (C=O) groups excluding carboxylic acids is 1. The fourth-order valence-corrected chi connectivity index (χ4v) is 3.80. The normalized spacial score (nSPS) is 11.1. The highest BCUT2D eigenvalue weighted by Crippen LogP contribution is 2.28. The third kappa shape index (κ3) is 4.26. The van der Waals surface area contributed by atoms with E-state index in [0.717, 1.165) is 0 Å². The van der Waals surface area contributed by atoms with E-state index < -0.39 is 17.6 Å². The average molecular weight is 490 g/mol. The molecule has 5 rings (SSSR count). The lowest BCUT2D eigenvalue weighted by atomic mass is 10.0. The summed E-state index contributed by atoms with van der Waals surface area (Å²) in [6, 6.07) is 10.6.